The molecular formula is C30H26F6N6O2. The van der Waals surface area contributed by atoms with Gasteiger partial charge in [0, 0.05) is 29.1 Å². The fourth-order valence-corrected chi connectivity index (χ4v) is 5.59. The lowest BCUT2D eigenvalue weighted by Crippen LogP contribution is -2.34. The van der Waals surface area contributed by atoms with Crippen LogP contribution in [0.15, 0.2) is 48.9 Å². The number of hydrogen-bond donors (Lipinski definition) is 2. The number of halogens is 6. The summed E-state index contributed by atoms with van der Waals surface area (Å²) >= 11 is 0. The Balaban J connectivity index is 1.53. The summed E-state index contributed by atoms with van der Waals surface area (Å²) in [5.41, 5.74) is 4.96. The molecule has 2 amide bonds. The van der Waals surface area contributed by atoms with Gasteiger partial charge in [0.05, 0.1) is 17.3 Å². The molecule has 0 saturated carbocycles. The number of benzene rings is 2. The van der Waals surface area contributed by atoms with Gasteiger partial charge in [-0.15, -0.1) is 0 Å². The first-order valence-electron chi connectivity index (χ1n) is 13.5. The Bertz CT molecular complexity index is 1730. The van der Waals surface area contributed by atoms with Crippen LogP contribution in [0.25, 0.3) is 11.1 Å². The number of amides is 2. The number of nitrogens with one attached hydrogen (secondary N) is 1. The number of alkyl halides is 3. The molecule has 3 atom stereocenters. The lowest BCUT2D eigenvalue weighted by atomic mass is 9.95. The Kier molecular flexibility index (Phi) is 8.19. The first-order valence-corrected chi connectivity index (χ1v) is 13.5. The van der Waals surface area contributed by atoms with Crippen LogP contribution in [0.3, 0.4) is 0 Å². The molecule has 0 spiro atoms. The minimum Gasteiger partial charge on any atom is -0.366 e. The van der Waals surface area contributed by atoms with Gasteiger partial charge in [0.25, 0.3) is 5.91 Å². The zero-order valence-electron chi connectivity index (χ0n) is 23.4. The van der Waals surface area contributed by atoms with Crippen molar-refractivity contribution in [3.63, 3.8) is 0 Å². The molecule has 230 valence electrons. The minimum atomic E-state index is -4.72. The maximum absolute atomic E-state index is 14.2. The van der Waals surface area contributed by atoms with Gasteiger partial charge in [-0.2, -0.15) is 18.3 Å². The van der Waals surface area contributed by atoms with Crippen LogP contribution in [-0.4, -0.2) is 31.6 Å². The third-order valence-corrected chi connectivity index (χ3v) is 7.80. The van der Waals surface area contributed by atoms with Gasteiger partial charge in [0.15, 0.2) is 5.69 Å². The monoisotopic (exact) mass is 616 g/mol. The Morgan fingerprint density at radius 1 is 1.09 bits per heavy atom. The maximum Gasteiger partial charge on any atom is 0.435 e. The highest BCUT2D eigenvalue weighted by Gasteiger charge is 2.44. The summed E-state index contributed by atoms with van der Waals surface area (Å²) in [4.78, 5) is 33.5. The van der Waals surface area contributed by atoms with Gasteiger partial charge in [-0.1, -0.05) is 19.9 Å². The van der Waals surface area contributed by atoms with Gasteiger partial charge in [-0.3, -0.25) is 14.3 Å². The van der Waals surface area contributed by atoms with Gasteiger partial charge in [0.2, 0.25) is 5.91 Å². The van der Waals surface area contributed by atoms with Gasteiger partial charge in [-0.05, 0) is 60.1 Å². The normalized spacial score (nSPS) is 16.9. The van der Waals surface area contributed by atoms with E-state index in [1.165, 1.54) is 18.3 Å². The summed E-state index contributed by atoms with van der Waals surface area (Å²) in [5.74, 6) is -4.90. The van der Waals surface area contributed by atoms with Crippen molar-refractivity contribution in [3.8, 4) is 11.1 Å². The third kappa shape index (κ3) is 6.15. The van der Waals surface area contributed by atoms with Crippen LogP contribution >= 0.6 is 0 Å². The molecule has 8 nitrogen and oxygen atoms in total. The molecule has 0 saturated heterocycles. The molecule has 4 aromatic rings. The van der Waals surface area contributed by atoms with E-state index in [-0.39, 0.29) is 40.3 Å². The third-order valence-electron chi connectivity index (χ3n) is 7.80. The molecule has 1 aliphatic carbocycles. The van der Waals surface area contributed by atoms with Crippen LogP contribution < -0.4 is 11.1 Å². The highest BCUT2D eigenvalue weighted by Crippen LogP contribution is 2.44. The summed E-state index contributed by atoms with van der Waals surface area (Å²) in [7, 11) is 0. The number of fused-ring (bicyclic) bond motifs is 1. The fraction of sp³-hybridized carbons (Fsp3) is 0.300. The summed E-state index contributed by atoms with van der Waals surface area (Å²) in [6.45, 7) is 2.93. The van der Waals surface area contributed by atoms with Crippen molar-refractivity contribution in [2.75, 3.05) is 0 Å². The number of nitrogens with zero attached hydrogens (tertiary/aromatic N) is 4. The van der Waals surface area contributed by atoms with Crippen LogP contribution in [0, 0.1) is 23.4 Å². The maximum atomic E-state index is 14.2. The molecule has 3 N–H and O–H groups in total. The number of carbonyl (C=O) groups is 2. The summed E-state index contributed by atoms with van der Waals surface area (Å²) in [5, 5.41) is 6.45. The van der Waals surface area contributed by atoms with Crippen molar-refractivity contribution in [1.82, 2.24) is 25.1 Å². The van der Waals surface area contributed by atoms with Crippen molar-refractivity contribution in [2.45, 2.75) is 51.4 Å². The summed E-state index contributed by atoms with van der Waals surface area (Å²) in [6, 6.07) is 5.21. The van der Waals surface area contributed by atoms with Crippen molar-refractivity contribution < 1.29 is 35.9 Å². The highest BCUT2D eigenvalue weighted by atomic mass is 19.4. The van der Waals surface area contributed by atoms with E-state index in [1.54, 1.807) is 6.92 Å². The first kappa shape index (κ1) is 30.7. The number of hydrogen-bond acceptors (Lipinski definition) is 5. The number of aromatic nitrogens is 4. The Hall–Kier alpha value is -4.75. The number of carbonyl (C=O) groups excluding carboxylic acids is 2. The molecule has 2 aromatic heterocycles. The molecule has 14 heteroatoms. The second-order valence-electron chi connectivity index (χ2n) is 10.8. The van der Waals surface area contributed by atoms with Crippen molar-refractivity contribution >= 4 is 11.8 Å². The predicted molar refractivity (Wildman–Crippen MR) is 145 cm³/mol. The van der Waals surface area contributed by atoms with Crippen molar-refractivity contribution in [1.29, 1.82) is 0 Å². The molecule has 1 aliphatic rings. The van der Waals surface area contributed by atoms with E-state index >= 15 is 0 Å². The predicted octanol–water partition coefficient (Wildman–Crippen LogP) is 5.27. The molecule has 0 fully saturated rings. The van der Waals surface area contributed by atoms with E-state index in [0.717, 1.165) is 29.2 Å². The molecule has 2 heterocycles. The van der Waals surface area contributed by atoms with Gasteiger partial charge >= 0.3 is 6.18 Å². The molecule has 5 rings (SSSR count). The SMILES string of the molecule is CC1Cc2c(c(C(F)(F)F)nn2CC(=O)N[C@@H](Cc2cc(F)cc(F)c2)c2ncncc2-c2ccc(F)c(C(N)=O)c2)C1C. The molecular weight excluding hydrogens is 590 g/mol. The second-order valence-corrected chi connectivity index (χ2v) is 10.8. The topological polar surface area (TPSA) is 116 Å². The minimum absolute atomic E-state index is 0.0595. The zero-order valence-corrected chi connectivity index (χ0v) is 23.4. The van der Waals surface area contributed by atoms with Crippen LogP contribution in [0.2, 0.25) is 0 Å². The van der Waals surface area contributed by atoms with E-state index < -0.39 is 65.2 Å². The van der Waals surface area contributed by atoms with E-state index in [4.69, 9.17) is 5.73 Å². The highest BCUT2D eigenvalue weighted by molar-refractivity contribution is 5.94. The molecule has 2 unspecified atom stereocenters. The van der Waals surface area contributed by atoms with E-state index in [9.17, 15) is 35.9 Å². The number of nitrogens with two attached hydrogens (primary N) is 1. The average Bonchev–Trinajstić information content (AvgIpc) is 3.43. The quantitative estimate of drug-likeness (QED) is 0.262. The van der Waals surface area contributed by atoms with Crippen LogP contribution in [0.1, 0.15) is 64.4 Å². The van der Waals surface area contributed by atoms with Crippen LogP contribution in [-0.2, 0) is 30.4 Å². The summed E-state index contributed by atoms with van der Waals surface area (Å²) in [6.07, 6.45) is -2.14. The molecule has 2 aromatic carbocycles. The smallest absolute Gasteiger partial charge is 0.366 e. The Morgan fingerprint density at radius 2 is 1.80 bits per heavy atom. The summed E-state index contributed by atoms with van der Waals surface area (Å²) < 4.78 is 84.9. The fourth-order valence-electron chi connectivity index (χ4n) is 5.59. The zero-order chi connectivity index (χ0) is 31.9. The lowest BCUT2D eigenvalue weighted by molar-refractivity contribution is -0.142. The average molecular weight is 617 g/mol. The Morgan fingerprint density at radius 3 is 2.45 bits per heavy atom. The number of rotatable bonds is 8. The van der Waals surface area contributed by atoms with E-state index in [0.29, 0.717) is 18.2 Å². The molecule has 0 aliphatic heterocycles. The number of primary amides is 1. The lowest BCUT2D eigenvalue weighted by Gasteiger charge is -2.22. The Labute approximate surface area is 247 Å². The van der Waals surface area contributed by atoms with E-state index in [1.807, 2.05) is 6.92 Å². The molecule has 0 radical (unpaired) electrons. The van der Waals surface area contributed by atoms with Crippen LogP contribution in [0.4, 0.5) is 26.3 Å². The van der Waals surface area contributed by atoms with Gasteiger partial charge < -0.3 is 11.1 Å². The molecule has 44 heavy (non-hydrogen) atoms. The largest absolute Gasteiger partial charge is 0.435 e. The standard InChI is InChI=1S/C30H26F6N6O2/c1-14-5-24-26(15(14)2)28(30(34,35)36)41-42(24)12-25(43)40-23(8-16-6-18(31)10-19(32)7-16)27-21(11-38-13-39-27)17-3-4-22(33)20(9-17)29(37)44/h3-4,6-7,9-11,13-15,23H,5,8,12H2,1-2H3,(H2,37,44)(H,40,43)/t14?,15?,23-/m0/s1. The van der Waals surface area contributed by atoms with Gasteiger partial charge in [-0.25, -0.2) is 23.1 Å². The van der Waals surface area contributed by atoms with E-state index in [2.05, 4.69) is 20.4 Å². The first-order chi connectivity index (χ1) is 20.7. The second kappa shape index (κ2) is 11.7. The molecule has 0 bridgehead atoms. The van der Waals surface area contributed by atoms with Crippen LogP contribution in [0.5, 0.6) is 0 Å². The van der Waals surface area contributed by atoms with Gasteiger partial charge in [0.1, 0.15) is 30.3 Å². The van der Waals surface area contributed by atoms with Crippen molar-refractivity contribution in [2.24, 2.45) is 11.7 Å². The van der Waals surface area contributed by atoms with Crippen molar-refractivity contribution in [3.05, 3.63) is 100 Å².